The van der Waals surface area contributed by atoms with Gasteiger partial charge in [0.25, 0.3) is 0 Å². The van der Waals surface area contributed by atoms with Gasteiger partial charge in [-0.25, -0.2) is 0 Å². The molecule has 144 valence electrons. The summed E-state index contributed by atoms with van der Waals surface area (Å²) >= 11 is 0. The van der Waals surface area contributed by atoms with E-state index < -0.39 is 16.6 Å². The molecule has 4 fully saturated rings. The standard InChI is InChI=1S/C20H38O3Si2/c1-24(2,11-9-15-5-7-17-19(13-15)21-17)23-25(3,4)12-10-16-6-8-18-20(14-16)22-18/h15-20H,5-14H2,1-4H3/t15-,16-,17-,18-,19+,20+/m0/s1. The summed E-state index contributed by atoms with van der Waals surface area (Å²) < 4.78 is 18.3. The molecule has 0 amide bonds. The zero-order valence-electron chi connectivity index (χ0n) is 16.8. The Hall–Kier alpha value is 0.314. The molecular weight excluding hydrogens is 344 g/mol. The third-order valence-electron chi connectivity index (χ3n) is 7.09. The minimum Gasteiger partial charge on any atom is -0.455 e. The number of epoxide rings is 2. The smallest absolute Gasteiger partial charge is 0.173 e. The van der Waals surface area contributed by atoms with Gasteiger partial charge in [-0.1, -0.05) is 12.8 Å². The Bertz CT molecular complexity index is 440. The summed E-state index contributed by atoms with van der Waals surface area (Å²) in [7, 11) is -3.05. The van der Waals surface area contributed by atoms with Crippen molar-refractivity contribution in [3.05, 3.63) is 0 Å². The lowest BCUT2D eigenvalue weighted by Gasteiger charge is -2.36. The van der Waals surface area contributed by atoms with Crippen LogP contribution < -0.4 is 0 Å². The van der Waals surface area contributed by atoms with Crippen LogP contribution in [0.5, 0.6) is 0 Å². The zero-order chi connectivity index (χ0) is 17.7. The van der Waals surface area contributed by atoms with Gasteiger partial charge in [-0.2, -0.15) is 0 Å². The van der Waals surface area contributed by atoms with Crippen molar-refractivity contribution >= 4 is 16.6 Å². The molecule has 6 atom stereocenters. The third kappa shape index (κ3) is 5.19. The van der Waals surface area contributed by atoms with Gasteiger partial charge in [0.15, 0.2) is 16.6 Å². The van der Waals surface area contributed by atoms with Gasteiger partial charge in [0, 0.05) is 0 Å². The van der Waals surface area contributed by atoms with Crippen LogP contribution in [0.4, 0.5) is 0 Å². The van der Waals surface area contributed by atoms with E-state index in [1.165, 1.54) is 63.5 Å². The van der Waals surface area contributed by atoms with E-state index in [0.717, 1.165) is 11.8 Å². The van der Waals surface area contributed by atoms with Crippen LogP contribution in [0.15, 0.2) is 0 Å². The van der Waals surface area contributed by atoms with E-state index in [0.29, 0.717) is 24.4 Å². The van der Waals surface area contributed by atoms with Crippen molar-refractivity contribution in [2.24, 2.45) is 11.8 Å². The van der Waals surface area contributed by atoms with Crippen molar-refractivity contribution in [3.63, 3.8) is 0 Å². The second-order valence-electron chi connectivity index (χ2n) is 10.5. The highest BCUT2D eigenvalue weighted by atomic mass is 28.4. The highest BCUT2D eigenvalue weighted by Gasteiger charge is 2.45. The van der Waals surface area contributed by atoms with Gasteiger partial charge < -0.3 is 13.6 Å². The van der Waals surface area contributed by atoms with Gasteiger partial charge in [0.2, 0.25) is 0 Å². The molecule has 4 aliphatic rings. The third-order valence-corrected chi connectivity index (χ3v) is 14.5. The molecule has 2 aliphatic carbocycles. The first kappa shape index (κ1) is 18.7. The highest BCUT2D eigenvalue weighted by Crippen LogP contribution is 2.43. The van der Waals surface area contributed by atoms with Gasteiger partial charge in [-0.15, -0.1) is 0 Å². The van der Waals surface area contributed by atoms with Crippen LogP contribution in [0, 0.1) is 11.8 Å². The molecule has 2 saturated carbocycles. The fourth-order valence-electron chi connectivity index (χ4n) is 5.45. The Morgan fingerprint density at radius 2 is 1.12 bits per heavy atom. The molecule has 0 bridgehead atoms. The second-order valence-corrected chi connectivity index (χ2v) is 19.3. The molecule has 25 heavy (non-hydrogen) atoms. The summed E-state index contributed by atoms with van der Waals surface area (Å²) in [5, 5.41) is 0. The normalized spacial score (nSPS) is 40.3. The van der Waals surface area contributed by atoms with Gasteiger partial charge in [-0.05, 0) is 88.6 Å². The summed E-state index contributed by atoms with van der Waals surface area (Å²) in [5.41, 5.74) is 0. The summed E-state index contributed by atoms with van der Waals surface area (Å²) in [4.78, 5) is 0. The van der Waals surface area contributed by atoms with Gasteiger partial charge >= 0.3 is 0 Å². The zero-order valence-corrected chi connectivity index (χ0v) is 18.8. The Morgan fingerprint density at radius 1 is 0.680 bits per heavy atom. The Kier molecular flexibility index (Phi) is 5.26. The SMILES string of the molecule is C[Si](C)(CC[C@@H]1CC[C@@H]2O[C@@H]2C1)O[Si](C)(C)CC[C@@H]1CC[C@@H]2O[C@@H]2C1. The van der Waals surface area contributed by atoms with E-state index in [2.05, 4.69) is 26.2 Å². The lowest BCUT2D eigenvalue weighted by atomic mass is 9.88. The molecule has 0 aromatic rings. The topological polar surface area (TPSA) is 34.3 Å². The summed E-state index contributed by atoms with van der Waals surface area (Å²) in [6, 6.07) is 2.68. The molecule has 2 aliphatic heterocycles. The number of hydrogen-bond acceptors (Lipinski definition) is 3. The summed E-state index contributed by atoms with van der Waals surface area (Å²) in [6.45, 7) is 9.85. The van der Waals surface area contributed by atoms with E-state index in [1.54, 1.807) is 0 Å². The van der Waals surface area contributed by atoms with Crippen molar-refractivity contribution in [3.8, 4) is 0 Å². The molecule has 0 aromatic carbocycles. The Morgan fingerprint density at radius 3 is 1.52 bits per heavy atom. The van der Waals surface area contributed by atoms with Crippen LogP contribution in [0.2, 0.25) is 38.3 Å². The van der Waals surface area contributed by atoms with E-state index in [1.807, 2.05) is 0 Å². The molecule has 0 aromatic heterocycles. The molecule has 0 spiro atoms. The minimum atomic E-state index is -1.53. The van der Waals surface area contributed by atoms with Crippen molar-refractivity contribution < 1.29 is 13.6 Å². The lowest BCUT2D eigenvalue weighted by Crippen LogP contribution is -2.44. The van der Waals surface area contributed by atoms with Gasteiger partial charge in [0.05, 0.1) is 24.4 Å². The molecule has 2 heterocycles. The average Bonchev–Trinajstić information content (AvgIpc) is 3.42. The van der Waals surface area contributed by atoms with E-state index in [9.17, 15) is 0 Å². The fourth-order valence-corrected chi connectivity index (χ4v) is 14.5. The Labute approximate surface area is 156 Å². The van der Waals surface area contributed by atoms with E-state index >= 15 is 0 Å². The van der Waals surface area contributed by atoms with Gasteiger partial charge in [-0.3, -0.25) is 0 Å². The maximum absolute atomic E-state index is 6.90. The van der Waals surface area contributed by atoms with Gasteiger partial charge in [0.1, 0.15) is 0 Å². The van der Waals surface area contributed by atoms with Crippen LogP contribution >= 0.6 is 0 Å². The maximum atomic E-state index is 6.90. The predicted molar refractivity (Wildman–Crippen MR) is 107 cm³/mol. The van der Waals surface area contributed by atoms with E-state index in [4.69, 9.17) is 13.6 Å². The van der Waals surface area contributed by atoms with Crippen molar-refractivity contribution in [2.45, 2.75) is 114 Å². The van der Waals surface area contributed by atoms with Crippen LogP contribution in [0.25, 0.3) is 0 Å². The maximum Gasteiger partial charge on any atom is 0.173 e. The fraction of sp³-hybridized carbons (Fsp3) is 1.00. The molecule has 2 saturated heterocycles. The van der Waals surface area contributed by atoms with Crippen LogP contribution in [-0.2, 0) is 13.6 Å². The summed E-state index contributed by atoms with van der Waals surface area (Å²) in [5.74, 6) is 1.80. The van der Waals surface area contributed by atoms with E-state index in [-0.39, 0.29) is 0 Å². The number of hydrogen-bond donors (Lipinski definition) is 0. The Balaban J connectivity index is 1.18. The monoisotopic (exact) mass is 382 g/mol. The number of ether oxygens (including phenoxy) is 2. The molecule has 3 nitrogen and oxygen atoms in total. The molecule has 4 rings (SSSR count). The summed E-state index contributed by atoms with van der Waals surface area (Å²) in [6.07, 6.45) is 13.3. The second kappa shape index (κ2) is 7.04. The van der Waals surface area contributed by atoms with Crippen molar-refractivity contribution in [1.82, 2.24) is 0 Å². The average molecular weight is 383 g/mol. The first-order valence-electron chi connectivity index (χ1n) is 10.8. The first-order valence-corrected chi connectivity index (χ1v) is 17.0. The predicted octanol–water partition coefficient (Wildman–Crippen LogP) is 5.33. The number of rotatable bonds is 8. The minimum absolute atomic E-state index is 0.626. The molecule has 0 N–H and O–H groups in total. The van der Waals surface area contributed by atoms with Crippen LogP contribution in [0.3, 0.4) is 0 Å². The molecule has 0 unspecified atom stereocenters. The first-order chi connectivity index (χ1) is 11.8. The number of fused-ring (bicyclic) bond motifs is 2. The largest absolute Gasteiger partial charge is 0.455 e. The quantitative estimate of drug-likeness (QED) is 0.420. The van der Waals surface area contributed by atoms with Crippen LogP contribution in [-0.4, -0.2) is 41.1 Å². The van der Waals surface area contributed by atoms with Crippen LogP contribution in [0.1, 0.15) is 51.4 Å². The molecule has 0 radical (unpaired) electrons. The highest BCUT2D eigenvalue weighted by molar-refractivity contribution is 6.84. The molecular formula is C20H38O3Si2. The van der Waals surface area contributed by atoms with Crippen molar-refractivity contribution in [1.29, 1.82) is 0 Å². The molecule has 5 heteroatoms. The lowest BCUT2D eigenvalue weighted by molar-refractivity contribution is 0.352. The van der Waals surface area contributed by atoms with Crippen molar-refractivity contribution in [2.75, 3.05) is 0 Å².